The first-order valence-corrected chi connectivity index (χ1v) is 7.49. The highest BCUT2D eigenvalue weighted by Crippen LogP contribution is 2.12. The zero-order chi connectivity index (χ0) is 16.7. The molecule has 0 radical (unpaired) electrons. The van der Waals surface area contributed by atoms with Gasteiger partial charge in [-0.25, -0.2) is 9.38 Å². The Morgan fingerprint density at radius 3 is 2.39 bits per heavy atom. The SMILES string of the molecule is CN(C)C(=NCc1ccccc1)NCC(O)c1ccc(F)cc1. The maximum Gasteiger partial charge on any atom is 0.193 e. The van der Waals surface area contributed by atoms with Gasteiger partial charge in [-0.1, -0.05) is 42.5 Å². The molecule has 0 fully saturated rings. The highest BCUT2D eigenvalue weighted by Gasteiger charge is 2.09. The van der Waals surface area contributed by atoms with Crippen LogP contribution in [0.1, 0.15) is 17.2 Å². The van der Waals surface area contributed by atoms with E-state index in [1.54, 1.807) is 12.1 Å². The lowest BCUT2D eigenvalue weighted by molar-refractivity contribution is 0.180. The lowest BCUT2D eigenvalue weighted by atomic mass is 10.1. The van der Waals surface area contributed by atoms with E-state index in [1.807, 2.05) is 49.3 Å². The number of hydrogen-bond acceptors (Lipinski definition) is 2. The van der Waals surface area contributed by atoms with Crippen molar-refractivity contribution in [3.05, 3.63) is 71.5 Å². The smallest absolute Gasteiger partial charge is 0.193 e. The predicted molar refractivity (Wildman–Crippen MR) is 90.6 cm³/mol. The van der Waals surface area contributed by atoms with Gasteiger partial charge in [0.2, 0.25) is 0 Å². The van der Waals surface area contributed by atoms with Crippen molar-refractivity contribution in [3.63, 3.8) is 0 Å². The van der Waals surface area contributed by atoms with Crippen LogP contribution in [0, 0.1) is 5.82 Å². The number of rotatable bonds is 5. The lowest BCUT2D eigenvalue weighted by Crippen LogP contribution is -2.38. The van der Waals surface area contributed by atoms with E-state index in [9.17, 15) is 9.50 Å². The summed E-state index contributed by atoms with van der Waals surface area (Å²) in [6.07, 6.45) is -0.725. The molecular weight excluding hydrogens is 293 g/mol. The molecule has 2 rings (SSSR count). The monoisotopic (exact) mass is 315 g/mol. The molecule has 0 heterocycles. The summed E-state index contributed by atoms with van der Waals surface area (Å²) in [6, 6.07) is 15.8. The van der Waals surface area contributed by atoms with Gasteiger partial charge in [-0.05, 0) is 23.3 Å². The fourth-order valence-corrected chi connectivity index (χ4v) is 2.10. The molecule has 5 heteroatoms. The molecule has 2 N–H and O–H groups in total. The van der Waals surface area contributed by atoms with Crippen molar-refractivity contribution < 1.29 is 9.50 Å². The minimum atomic E-state index is -0.725. The van der Waals surface area contributed by atoms with E-state index < -0.39 is 6.10 Å². The van der Waals surface area contributed by atoms with E-state index >= 15 is 0 Å². The second-order valence-corrected chi connectivity index (χ2v) is 5.47. The van der Waals surface area contributed by atoms with Crippen molar-refractivity contribution in [2.24, 2.45) is 4.99 Å². The summed E-state index contributed by atoms with van der Waals surface area (Å²) in [5.41, 5.74) is 1.78. The number of halogens is 1. The molecule has 1 atom stereocenters. The molecule has 0 aromatic heterocycles. The molecule has 0 aliphatic heterocycles. The second kappa shape index (κ2) is 8.29. The number of nitrogens with zero attached hydrogens (tertiary/aromatic N) is 2. The van der Waals surface area contributed by atoms with Crippen molar-refractivity contribution in [1.29, 1.82) is 0 Å². The fourth-order valence-electron chi connectivity index (χ4n) is 2.10. The Kier molecular flexibility index (Phi) is 6.11. The number of aliphatic hydroxyl groups is 1. The summed E-state index contributed by atoms with van der Waals surface area (Å²) in [4.78, 5) is 6.40. The van der Waals surface area contributed by atoms with Crippen molar-refractivity contribution in [3.8, 4) is 0 Å². The number of benzene rings is 2. The molecule has 4 nitrogen and oxygen atoms in total. The Balaban J connectivity index is 1.95. The topological polar surface area (TPSA) is 47.9 Å². The summed E-state index contributed by atoms with van der Waals surface area (Å²) in [5, 5.41) is 13.3. The lowest BCUT2D eigenvalue weighted by Gasteiger charge is -2.20. The van der Waals surface area contributed by atoms with Crippen LogP contribution in [0.15, 0.2) is 59.6 Å². The third kappa shape index (κ3) is 5.38. The van der Waals surface area contributed by atoms with E-state index in [0.29, 0.717) is 24.6 Å². The van der Waals surface area contributed by atoms with Gasteiger partial charge in [-0.3, -0.25) is 0 Å². The zero-order valence-electron chi connectivity index (χ0n) is 13.4. The van der Waals surface area contributed by atoms with Crippen LogP contribution in [-0.2, 0) is 6.54 Å². The Bertz CT molecular complexity index is 626. The van der Waals surface area contributed by atoms with Crippen LogP contribution in [0.3, 0.4) is 0 Å². The standard InChI is InChI=1S/C18H22FN3O/c1-22(2)18(20-12-14-6-4-3-5-7-14)21-13-17(23)15-8-10-16(19)11-9-15/h3-11,17,23H,12-13H2,1-2H3,(H,20,21). The molecule has 23 heavy (non-hydrogen) atoms. The van der Waals surface area contributed by atoms with Gasteiger partial charge >= 0.3 is 0 Å². The molecule has 0 bridgehead atoms. The van der Waals surface area contributed by atoms with Gasteiger partial charge in [0.05, 0.1) is 12.6 Å². The van der Waals surface area contributed by atoms with E-state index in [-0.39, 0.29) is 5.82 Å². The maximum absolute atomic E-state index is 12.9. The van der Waals surface area contributed by atoms with Crippen LogP contribution < -0.4 is 5.32 Å². The van der Waals surface area contributed by atoms with Gasteiger partial charge in [0.1, 0.15) is 5.82 Å². The van der Waals surface area contributed by atoms with Crippen molar-refractivity contribution in [1.82, 2.24) is 10.2 Å². The van der Waals surface area contributed by atoms with E-state index in [2.05, 4.69) is 10.3 Å². The van der Waals surface area contributed by atoms with E-state index in [1.165, 1.54) is 12.1 Å². The molecule has 0 aliphatic carbocycles. The Morgan fingerprint density at radius 2 is 1.78 bits per heavy atom. The molecule has 0 saturated carbocycles. The molecule has 0 amide bonds. The van der Waals surface area contributed by atoms with Crippen LogP contribution >= 0.6 is 0 Å². The van der Waals surface area contributed by atoms with Crippen LogP contribution in [-0.4, -0.2) is 36.6 Å². The summed E-state index contributed by atoms with van der Waals surface area (Å²) >= 11 is 0. The minimum absolute atomic E-state index is 0.303. The first-order chi connectivity index (χ1) is 11.1. The molecule has 0 spiro atoms. The fraction of sp³-hybridized carbons (Fsp3) is 0.278. The molecule has 122 valence electrons. The largest absolute Gasteiger partial charge is 0.387 e. The molecule has 0 aliphatic rings. The van der Waals surface area contributed by atoms with Gasteiger partial charge in [-0.2, -0.15) is 0 Å². The third-order valence-corrected chi connectivity index (χ3v) is 3.39. The number of aliphatic hydroxyl groups excluding tert-OH is 1. The average molecular weight is 315 g/mol. The highest BCUT2D eigenvalue weighted by molar-refractivity contribution is 5.79. The first kappa shape index (κ1) is 17.0. The summed E-state index contributed by atoms with van der Waals surface area (Å²) < 4.78 is 12.9. The normalized spacial score (nSPS) is 12.8. The molecule has 2 aromatic carbocycles. The van der Waals surface area contributed by atoms with Crippen LogP contribution in [0.5, 0.6) is 0 Å². The van der Waals surface area contributed by atoms with E-state index in [0.717, 1.165) is 5.56 Å². The van der Waals surface area contributed by atoms with Gasteiger partial charge < -0.3 is 15.3 Å². The number of aliphatic imine (C=N–C) groups is 1. The van der Waals surface area contributed by atoms with Gasteiger partial charge in [-0.15, -0.1) is 0 Å². The quantitative estimate of drug-likeness (QED) is 0.658. The second-order valence-electron chi connectivity index (χ2n) is 5.47. The minimum Gasteiger partial charge on any atom is -0.387 e. The summed E-state index contributed by atoms with van der Waals surface area (Å²) in [7, 11) is 3.78. The van der Waals surface area contributed by atoms with Gasteiger partial charge in [0.15, 0.2) is 5.96 Å². The van der Waals surface area contributed by atoms with Crippen LogP contribution in [0.25, 0.3) is 0 Å². The van der Waals surface area contributed by atoms with Gasteiger partial charge in [0.25, 0.3) is 0 Å². The van der Waals surface area contributed by atoms with Crippen molar-refractivity contribution in [2.75, 3.05) is 20.6 Å². The Labute approximate surface area is 136 Å². The average Bonchev–Trinajstić information content (AvgIpc) is 2.56. The highest BCUT2D eigenvalue weighted by atomic mass is 19.1. The molecule has 0 saturated heterocycles. The van der Waals surface area contributed by atoms with Crippen molar-refractivity contribution in [2.45, 2.75) is 12.6 Å². The van der Waals surface area contributed by atoms with Crippen LogP contribution in [0.2, 0.25) is 0 Å². The maximum atomic E-state index is 12.9. The Hall–Kier alpha value is -2.40. The molecular formula is C18H22FN3O. The Morgan fingerprint density at radius 1 is 1.13 bits per heavy atom. The van der Waals surface area contributed by atoms with E-state index in [4.69, 9.17) is 0 Å². The summed E-state index contributed by atoms with van der Waals surface area (Å²) in [5.74, 6) is 0.377. The number of hydrogen-bond donors (Lipinski definition) is 2. The number of guanidine groups is 1. The number of nitrogens with one attached hydrogen (secondary N) is 1. The molecule has 2 aromatic rings. The predicted octanol–water partition coefficient (Wildman–Crippen LogP) is 2.57. The third-order valence-electron chi connectivity index (χ3n) is 3.39. The summed E-state index contributed by atoms with van der Waals surface area (Å²) in [6.45, 7) is 0.867. The van der Waals surface area contributed by atoms with Gasteiger partial charge in [0, 0.05) is 20.6 Å². The zero-order valence-corrected chi connectivity index (χ0v) is 13.4. The molecule has 1 unspecified atom stereocenters. The van der Waals surface area contributed by atoms with Crippen molar-refractivity contribution >= 4 is 5.96 Å². The first-order valence-electron chi connectivity index (χ1n) is 7.49. The van der Waals surface area contributed by atoms with Crippen LogP contribution in [0.4, 0.5) is 4.39 Å².